The number of hydrogen-bond acceptors (Lipinski definition) is 7. The van der Waals surface area contributed by atoms with Gasteiger partial charge in [-0.3, -0.25) is 4.79 Å². The Kier molecular flexibility index (Phi) is 6.11. The maximum Gasteiger partial charge on any atom is 0.246 e. The lowest BCUT2D eigenvalue weighted by molar-refractivity contribution is -0.120. The van der Waals surface area contributed by atoms with E-state index < -0.39 is 0 Å². The number of anilines is 1. The molecule has 6 nitrogen and oxygen atoms in total. The minimum Gasteiger partial charge on any atom is -0.378 e. The lowest BCUT2D eigenvalue weighted by Gasteiger charge is -2.27. The van der Waals surface area contributed by atoms with Crippen LogP contribution >= 0.6 is 22.7 Å². The van der Waals surface area contributed by atoms with Crippen molar-refractivity contribution >= 4 is 39.8 Å². The van der Waals surface area contributed by atoms with Crippen LogP contribution in [0, 0.1) is 0 Å². The maximum atomic E-state index is 12.1. The first kappa shape index (κ1) is 18.8. The normalized spacial score (nSPS) is 14.5. The first-order chi connectivity index (χ1) is 13.8. The molecular formula is C20H20N4O2S2. The van der Waals surface area contributed by atoms with Gasteiger partial charge in [-0.1, -0.05) is 30.3 Å². The van der Waals surface area contributed by atoms with Crippen LogP contribution in [0.2, 0.25) is 0 Å². The van der Waals surface area contributed by atoms with Gasteiger partial charge in [0.1, 0.15) is 5.01 Å². The number of rotatable bonds is 6. The second kappa shape index (κ2) is 9.09. The van der Waals surface area contributed by atoms with Crippen molar-refractivity contribution in [1.29, 1.82) is 0 Å². The van der Waals surface area contributed by atoms with E-state index in [-0.39, 0.29) is 12.3 Å². The van der Waals surface area contributed by atoms with E-state index in [0.717, 1.165) is 47.4 Å². The van der Waals surface area contributed by atoms with Crippen molar-refractivity contribution in [2.75, 3.05) is 31.2 Å². The number of hydrogen-bond donors (Lipinski definition) is 1. The Bertz CT molecular complexity index is 946. The lowest BCUT2D eigenvalue weighted by Crippen LogP contribution is -2.35. The molecule has 8 heteroatoms. The van der Waals surface area contributed by atoms with Crippen LogP contribution in [-0.4, -0.2) is 43.4 Å². The highest BCUT2D eigenvalue weighted by atomic mass is 32.1. The molecule has 28 heavy (non-hydrogen) atoms. The van der Waals surface area contributed by atoms with Crippen molar-refractivity contribution in [3.05, 3.63) is 57.7 Å². The fraction of sp³-hybridized carbons (Fsp3) is 0.250. The molecule has 0 atom stereocenters. The molecule has 1 aliphatic rings. The Hall–Kier alpha value is -2.55. The predicted molar refractivity (Wildman–Crippen MR) is 114 cm³/mol. The number of nitrogens with one attached hydrogen (secondary N) is 1. The molecule has 0 radical (unpaired) electrons. The molecule has 2 aromatic heterocycles. The van der Waals surface area contributed by atoms with Gasteiger partial charge in [0.05, 0.1) is 36.5 Å². The van der Waals surface area contributed by atoms with Crippen LogP contribution < -0.4 is 10.3 Å². The third-order valence-electron chi connectivity index (χ3n) is 4.25. The highest BCUT2D eigenvalue weighted by Crippen LogP contribution is 2.25. The Morgan fingerprint density at radius 2 is 2.04 bits per heavy atom. The first-order valence-electron chi connectivity index (χ1n) is 9.02. The van der Waals surface area contributed by atoms with E-state index in [0.29, 0.717) is 0 Å². The molecule has 0 unspecified atom stereocenters. The second-order valence-corrected chi connectivity index (χ2v) is 8.27. The number of carbonyl (C=O) groups is 1. The first-order valence-corrected chi connectivity index (χ1v) is 10.7. The molecule has 3 heterocycles. The maximum absolute atomic E-state index is 12.1. The monoisotopic (exact) mass is 412 g/mol. The number of amides is 1. The molecule has 1 amide bonds. The van der Waals surface area contributed by atoms with Gasteiger partial charge in [-0.15, -0.1) is 22.7 Å². The summed E-state index contributed by atoms with van der Waals surface area (Å²) < 4.78 is 5.38. The molecule has 1 saturated heterocycles. The van der Waals surface area contributed by atoms with Crippen molar-refractivity contribution in [3.63, 3.8) is 0 Å². The van der Waals surface area contributed by atoms with Gasteiger partial charge in [-0.05, 0) is 12.1 Å². The Morgan fingerprint density at radius 1 is 1.21 bits per heavy atom. The summed E-state index contributed by atoms with van der Waals surface area (Å²) in [7, 11) is 0. The molecule has 1 fully saturated rings. The fourth-order valence-corrected chi connectivity index (χ4v) is 4.58. The number of thiophene rings is 1. The Labute approximate surface area is 171 Å². The zero-order chi connectivity index (χ0) is 19.2. The van der Waals surface area contributed by atoms with E-state index >= 15 is 0 Å². The number of ether oxygens (including phenoxy) is 1. The lowest BCUT2D eigenvalue weighted by atomic mass is 10.2. The van der Waals surface area contributed by atoms with E-state index in [2.05, 4.69) is 26.5 Å². The number of carbonyl (C=O) groups excluding carboxylic acids is 1. The summed E-state index contributed by atoms with van der Waals surface area (Å²) in [6, 6.07) is 14.0. The smallest absolute Gasteiger partial charge is 0.246 e. The summed E-state index contributed by atoms with van der Waals surface area (Å²) in [5, 5.41) is 8.03. The molecule has 4 rings (SSSR count). The van der Waals surface area contributed by atoms with Crippen LogP contribution in [0.4, 0.5) is 5.00 Å². The van der Waals surface area contributed by atoms with E-state index in [1.54, 1.807) is 17.6 Å². The summed E-state index contributed by atoms with van der Waals surface area (Å²) in [5.41, 5.74) is 4.54. The highest BCUT2D eigenvalue weighted by molar-refractivity contribution is 7.17. The van der Waals surface area contributed by atoms with Gasteiger partial charge < -0.3 is 9.64 Å². The van der Waals surface area contributed by atoms with Crippen LogP contribution in [0.5, 0.6) is 0 Å². The van der Waals surface area contributed by atoms with Crippen molar-refractivity contribution in [2.45, 2.75) is 6.42 Å². The topological polar surface area (TPSA) is 66.8 Å². The van der Waals surface area contributed by atoms with E-state index in [9.17, 15) is 4.79 Å². The quantitative estimate of drug-likeness (QED) is 0.498. The summed E-state index contributed by atoms with van der Waals surface area (Å²) in [5.74, 6) is -0.171. The highest BCUT2D eigenvalue weighted by Gasteiger charge is 2.13. The molecule has 1 N–H and O–H groups in total. The second-order valence-electron chi connectivity index (χ2n) is 6.24. The van der Waals surface area contributed by atoms with Crippen LogP contribution in [0.3, 0.4) is 0 Å². The van der Waals surface area contributed by atoms with Gasteiger partial charge >= 0.3 is 0 Å². The number of morpholine rings is 1. The molecule has 0 aliphatic carbocycles. The summed E-state index contributed by atoms with van der Waals surface area (Å²) in [4.78, 5) is 20.0. The van der Waals surface area contributed by atoms with E-state index in [1.165, 1.54) is 16.3 Å². The number of benzene rings is 1. The van der Waals surface area contributed by atoms with E-state index in [4.69, 9.17) is 4.74 Å². The van der Waals surface area contributed by atoms with Gasteiger partial charge in [0.15, 0.2) is 0 Å². The van der Waals surface area contributed by atoms with Crippen molar-refractivity contribution in [2.24, 2.45) is 5.10 Å². The van der Waals surface area contributed by atoms with E-state index in [1.807, 2.05) is 41.8 Å². The van der Waals surface area contributed by atoms with Gasteiger partial charge in [0.2, 0.25) is 5.91 Å². The molecule has 1 aliphatic heterocycles. The molecule has 3 aromatic rings. The third-order valence-corrected chi connectivity index (χ3v) is 6.18. The molecular weight excluding hydrogens is 392 g/mol. The Balaban J connectivity index is 1.29. The number of aromatic nitrogens is 1. The minimum atomic E-state index is -0.171. The van der Waals surface area contributed by atoms with Crippen molar-refractivity contribution < 1.29 is 9.53 Å². The molecule has 144 valence electrons. The number of thiazole rings is 1. The number of nitrogens with zero attached hydrogens (tertiary/aromatic N) is 3. The molecule has 0 saturated carbocycles. The zero-order valence-electron chi connectivity index (χ0n) is 15.2. The molecule has 0 bridgehead atoms. The predicted octanol–water partition coefficient (Wildman–Crippen LogP) is 3.40. The minimum absolute atomic E-state index is 0.171. The third kappa shape index (κ3) is 4.83. The fourth-order valence-electron chi connectivity index (χ4n) is 2.84. The summed E-state index contributed by atoms with van der Waals surface area (Å²) in [6.45, 7) is 3.35. The van der Waals surface area contributed by atoms with Gasteiger partial charge in [-0.25, -0.2) is 10.4 Å². The van der Waals surface area contributed by atoms with Crippen molar-refractivity contribution in [3.8, 4) is 11.3 Å². The zero-order valence-corrected chi connectivity index (χ0v) is 16.8. The van der Waals surface area contributed by atoms with Crippen LogP contribution in [-0.2, 0) is 16.0 Å². The average Bonchev–Trinajstić information content (AvgIpc) is 3.39. The van der Waals surface area contributed by atoms with Crippen molar-refractivity contribution in [1.82, 2.24) is 10.4 Å². The van der Waals surface area contributed by atoms with Crippen LogP contribution in [0.15, 0.2) is 52.9 Å². The van der Waals surface area contributed by atoms with Gasteiger partial charge in [-0.2, -0.15) is 5.10 Å². The summed E-state index contributed by atoms with van der Waals surface area (Å²) >= 11 is 3.14. The molecule has 1 aromatic carbocycles. The Morgan fingerprint density at radius 3 is 2.86 bits per heavy atom. The standard InChI is InChI=1S/C20H20N4O2S2/c25-18(12-19-22-17(14-27-19)15-4-2-1-3-5-15)23-21-13-16-6-7-20(28-16)24-8-10-26-11-9-24/h1-7,13-14H,8-12H2,(H,23,25)/b21-13-. The molecule has 0 spiro atoms. The van der Waals surface area contributed by atoms with Gasteiger partial charge in [0.25, 0.3) is 0 Å². The van der Waals surface area contributed by atoms with Gasteiger partial charge in [0, 0.05) is 28.9 Å². The average molecular weight is 413 g/mol. The largest absolute Gasteiger partial charge is 0.378 e. The van der Waals surface area contributed by atoms with Crippen LogP contribution in [0.1, 0.15) is 9.88 Å². The summed E-state index contributed by atoms with van der Waals surface area (Å²) in [6.07, 6.45) is 1.90. The number of hydrazone groups is 1. The SMILES string of the molecule is O=C(Cc1nc(-c2ccccc2)cs1)N/N=C\c1ccc(N2CCOCC2)s1. The van der Waals surface area contributed by atoms with Crippen LogP contribution in [0.25, 0.3) is 11.3 Å².